The van der Waals surface area contributed by atoms with Crippen molar-refractivity contribution in [1.82, 2.24) is 20.2 Å². The fourth-order valence-electron chi connectivity index (χ4n) is 2.82. The molecule has 0 aliphatic rings. The molecule has 134 valence electrons. The highest BCUT2D eigenvalue weighted by molar-refractivity contribution is 7.15. The average molecular weight is 375 g/mol. The third kappa shape index (κ3) is 3.68. The van der Waals surface area contributed by atoms with Crippen molar-refractivity contribution in [2.45, 2.75) is 19.8 Å². The highest BCUT2D eigenvalue weighted by atomic mass is 32.1. The summed E-state index contributed by atoms with van der Waals surface area (Å²) in [5.41, 5.74) is 2.96. The summed E-state index contributed by atoms with van der Waals surface area (Å²) in [5, 5.41) is 13.3. The number of carbonyl (C=O) groups excluding carboxylic acids is 1. The largest absolute Gasteiger partial charge is 0.296 e. The molecule has 0 fully saturated rings. The van der Waals surface area contributed by atoms with E-state index >= 15 is 0 Å². The van der Waals surface area contributed by atoms with Gasteiger partial charge >= 0.3 is 0 Å². The molecule has 1 N–H and O–H groups in total. The van der Waals surface area contributed by atoms with Crippen molar-refractivity contribution < 1.29 is 4.79 Å². The van der Waals surface area contributed by atoms with E-state index in [4.69, 9.17) is 4.98 Å². The number of benzene rings is 1. The number of nitrogens with one attached hydrogen (secondary N) is 1. The van der Waals surface area contributed by atoms with E-state index < -0.39 is 0 Å². The molecule has 0 saturated carbocycles. The molecule has 0 aliphatic carbocycles. The third-order valence-electron chi connectivity index (χ3n) is 4.09. The van der Waals surface area contributed by atoms with Gasteiger partial charge in [-0.1, -0.05) is 36.5 Å². The Morgan fingerprint density at radius 3 is 2.74 bits per heavy atom. The van der Waals surface area contributed by atoms with Gasteiger partial charge in [-0.25, -0.2) is 4.98 Å². The van der Waals surface area contributed by atoms with Crippen molar-refractivity contribution in [3.05, 3.63) is 65.4 Å². The highest BCUT2D eigenvalue weighted by Crippen LogP contribution is 2.26. The van der Waals surface area contributed by atoms with Crippen LogP contribution in [0.3, 0.4) is 0 Å². The van der Waals surface area contributed by atoms with E-state index in [1.54, 1.807) is 18.5 Å². The fourth-order valence-corrected chi connectivity index (χ4v) is 3.65. The van der Waals surface area contributed by atoms with Gasteiger partial charge in [-0.3, -0.25) is 15.1 Å². The van der Waals surface area contributed by atoms with Gasteiger partial charge in [0.2, 0.25) is 5.13 Å². The van der Waals surface area contributed by atoms with Crippen molar-refractivity contribution in [3.8, 4) is 11.3 Å². The molecule has 0 atom stereocenters. The van der Waals surface area contributed by atoms with Gasteiger partial charge in [0.25, 0.3) is 5.91 Å². The van der Waals surface area contributed by atoms with Crippen LogP contribution in [0.25, 0.3) is 22.2 Å². The van der Waals surface area contributed by atoms with Gasteiger partial charge in [0.05, 0.1) is 16.8 Å². The van der Waals surface area contributed by atoms with E-state index in [-0.39, 0.29) is 5.91 Å². The normalized spacial score (nSPS) is 10.9. The number of pyridine rings is 2. The number of fused-ring (bicyclic) bond motifs is 1. The van der Waals surface area contributed by atoms with Crippen LogP contribution in [0.1, 0.15) is 28.7 Å². The topological polar surface area (TPSA) is 80.7 Å². The zero-order chi connectivity index (χ0) is 18.6. The van der Waals surface area contributed by atoms with E-state index in [0.29, 0.717) is 10.7 Å². The molecule has 3 heterocycles. The summed E-state index contributed by atoms with van der Waals surface area (Å²) in [5.74, 6) is -0.219. The summed E-state index contributed by atoms with van der Waals surface area (Å²) in [7, 11) is 0. The van der Waals surface area contributed by atoms with Gasteiger partial charge in [-0.2, -0.15) is 0 Å². The molecule has 4 aromatic rings. The Morgan fingerprint density at radius 1 is 1.11 bits per heavy atom. The van der Waals surface area contributed by atoms with Crippen LogP contribution in [0.5, 0.6) is 0 Å². The summed E-state index contributed by atoms with van der Waals surface area (Å²) >= 11 is 1.41. The smallest absolute Gasteiger partial charge is 0.258 e. The Hall–Kier alpha value is -3.19. The number of rotatable bonds is 5. The third-order valence-corrected chi connectivity index (χ3v) is 4.99. The van der Waals surface area contributed by atoms with Crippen molar-refractivity contribution in [2.75, 3.05) is 5.32 Å². The Morgan fingerprint density at radius 2 is 1.93 bits per heavy atom. The van der Waals surface area contributed by atoms with Crippen LogP contribution in [0, 0.1) is 0 Å². The molecular formula is C20H17N5OS. The SMILES string of the molecule is CCCc1nnc(NC(=O)c2cc(-c3ccncc3)nc3ccccc23)s1. The monoisotopic (exact) mass is 375 g/mol. The van der Waals surface area contributed by atoms with Crippen LogP contribution in [-0.2, 0) is 6.42 Å². The van der Waals surface area contributed by atoms with Crippen LogP contribution in [0.4, 0.5) is 5.13 Å². The number of para-hydroxylation sites is 1. The Balaban J connectivity index is 1.73. The second kappa shape index (κ2) is 7.59. The molecule has 0 aliphatic heterocycles. The number of hydrogen-bond acceptors (Lipinski definition) is 6. The minimum atomic E-state index is -0.219. The highest BCUT2D eigenvalue weighted by Gasteiger charge is 2.16. The van der Waals surface area contributed by atoms with Crippen molar-refractivity contribution in [2.24, 2.45) is 0 Å². The number of nitrogens with zero attached hydrogens (tertiary/aromatic N) is 4. The predicted molar refractivity (Wildman–Crippen MR) is 107 cm³/mol. The first-order valence-electron chi connectivity index (χ1n) is 8.68. The van der Waals surface area contributed by atoms with Crippen LogP contribution < -0.4 is 5.32 Å². The number of amides is 1. The van der Waals surface area contributed by atoms with Gasteiger partial charge in [0.15, 0.2) is 0 Å². The van der Waals surface area contributed by atoms with E-state index in [0.717, 1.165) is 40.0 Å². The lowest BCUT2D eigenvalue weighted by Crippen LogP contribution is -2.13. The van der Waals surface area contributed by atoms with E-state index in [1.807, 2.05) is 36.4 Å². The number of aryl methyl sites for hydroxylation is 1. The summed E-state index contributed by atoms with van der Waals surface area (Å²) < 4.78 is 0. The molecule has 0 unspecified atom stereocenters. The minimum absolute atomic E-state index is 0.219. The maximum Gasteiger partial charge on any atom is 0.258 e. The van der Waals surface area contributed by atoms with Crippen LogP contribution in [0.2, 0.25) is 0 Å². The molecule has 6 nitrogen and oxygen atoms in total. The summed E-state index contributed by atoms with van der Waals surface area (Å²) in [6, 6.07) is 13.2. The van der Waals surface area contributed by atoms with Gasteiger partial charge in [0.1, 0.15) is 5.01 Å². The van der Waals surface area contributed by atoms with Crippen LogP contribution in [-0.4, -0.2) is 26.1 Å². The summed E-state index contributed by atoms with van der Waals surface area (Å²) in [6.07, 6.45) is 5.27. The molecule has 0 spiro atoms. The molecule has 0 saturated heterocycles. The quantitative estimate of drug-likeness (QED) is 0.561. The first kappa shape index (κ1) is 17.2. The first-order valence-corrected chi connectivity index (χ1v) is 9.50. The first-order chi connectivity index (χ1) is 13.2. The zero-order valence-corrected chi connectivity index (χ0v) is 15.5. The zero-order valence-electron chi connectivity index (χ0n) is 14.7. The standard InChI is InChI=1S/C20H17N5OS/c1-2-5-18-24-25-20(27-18)23-19(26)15-12-17(13-8-10-21-11-9-13)22-16-7-4-3-6-14(15)16/h3-4,6-12H,2,5H2,1H3,(H,23,25,26). The van der Waals surface area contributed by atoms with Crippen LogP contribution >= 0.6 is 11.3 Å². The fraction of sp³-hybridized carbons (Fsp3) is 0.150. The van der Waals surface area contributed by atoms with Crippen molar-refractivity contribution in [3.63, 3.8) is 0 Å². The lowest BCUT2D eigenvalue weighted by molar-refractivity contribution is 0.102. The average Bonchev–Trinajstić information content (AvgIpc) is 3.15. The maximum atomic E-state index is 13.0. The molecule has 1 aromatic carbocycles. The molecule has 27 heavy (non-hydrogen) atoms. The molecule has 3 aromatic heterocycles. The number of carbonyl (C=O) groups is 1. The molecule has 1 amide bonds. The predicted octanol–water partition coefficient (Wildman–Crippen LogP) is 4.35. The van der Waals surface area contributed by atoms with E-state index in [2.05, 4.69) is 27.4 Å². The minimum Gasteiger partial charge on any atom is -0.296 e. The van der Waals surface area contributed by atoms with Crippen molar-refractivity contribution >= 4 is 33.3 Å². The maximum absolute atomic E-state index is 13.0. The van der Waals surface area contributed by atoms with Gasteiger partial charge in [-0.05, 0) is 30.7 Å². The Kier molecular flexibility index (Phi) is 4.84. The molecule has 0 bridgehead atoms. The van der Waals surface area contributed by atoms with E-state index in [1.165, 1.54) is 11.3 Å². The van der Waals surface area contributed by atoms with Gasteiger partial charge < -0.3 is 0 Å². The summed E-state index contributed by atoms with van der Waals surface area (Å²) in [4.78, 5) is 21.7. The Bertz CT molecular complexity index is 1090. The van der Waals surface area contributed by atoms with Crippen LogP contribution in [0.15, 0.2) is 54.9 Å². The number of anilines is 1. The van der Waals surface area contributed by atoms with Gasteiger partial charge in [-0.15, -0.1) is 10.2 Å². The van der Waals surface area contributed by atoms with Crippen molar-refractivity contribution in [1.29, 1.82) is 0 Å². The lowest BCUT2D eigenvalue weighted by atomic mass is 10.0. The molecule has 0 radical (unpaired) electrons. The molecule has 7 heteroatoms. The number of hydrogen-bond donors (Lipinski definition) is 1. The second-order valence-corrected chi connectivity index (χ2v) is 7.08. The molecule has 4 rings (SSSR count). The van der Waals surface area contributed by atoms with E-state index in [9.17, 15) is 4.79 Å². The molecular weight excluding hydrogens is 358 g/mol. The Labute approximate surface area is 160 Å². The number of aromatic nitrogens is 4. The summed E-state index contributed by atoms with van der Waals surface area (Å²) in [6.45, 7) is 2.09. The second-order valence-electron chi connectivity index (χ2n) is 6.01. The van der Waals surface area contributed by atoms with Gasteiger partial charge in [0, 0.05) is 29.8 Å². The lowest BCUT2D eigenvalue weighted by Gasteiger charge is -2.09.